The Balaban J connectivity index is -0.00000000750. The molecule has 0 radical (unpaired) electrons. The van der Waals surface area contributed by atoms with E-state index in [1.165, 1.54) is 0 Å². The first-order valence-corrected chi connectivity index (χ1v) is 3.11. The molecule has 0 amide bonds. The van der Waals surface area contributed by atoms with Crippen LogP contribution in [-0.4, -0.2) is 0 Å². The lowest BCUT2D eigenvalue weighted by Crippen LogP contribution is -4.05. The van der Waals surface area contributed by atoms with Gasteiger partial charge in [0.05, 0.1) is 0 Å². The molecule has 0 aromatic carbocycles. The first-order chi connectivity index (χ1) is 1.73. The maximum absolute atomic E-state index is 8.57. The molecule has 0 heterocycles. The van der Waals surface area contributed by atoms with Crippen molar-refractivity contribution >= 4 is 0 Å². The van der Waals surface area contributed by atoms with Crippen LogP contribution in [0.25, 0.3) is 0 Å². The Morgan fingerprint density at radius 1 is 0.625 bits per heavy atom. The highest BCUT2D eigenvalue weighted by Gasteiger charge is 1.70. The summed E-state index contributed by atoms with van der Waals surface area (Å²) in [5.74, 6) is 0. The van der Waals surface area contributed by atoms with E-state index in [1.54, 1.807) is 0 Å². The van der Waals surface area contributed by atoms with Gasteiger partial charge in [-0.3, -0.25) is 0 Å². The zero-order valence-electron chi connectivity index (χ0n) is 1.60. The average Bonchev–Trinajstić information content (AvgIpc) is 0.811. The van der Waals surface area contributed by atoms with Crippen molar-refractivity contribution in [3.8, 4) is 0 Å². The average molecular weight is 239 g/mol. The Kier molecular flexibility index (Phi) is 122. The van der Waals surface area contributed by atoms with Crippen molar-refractivity contribution in [2.24, 2.45) is 0 Å². The molecule has 0 atom stereocenters. The monoisotopic (exact) mass is 239 g/mol. The summed E-state index contributed by atoms with van der Waals surface area (Å²) in [5.41, 5.74) is 0. The highest BCUT2D eigenvalue weighted by atomic mass is 127. The van der Waals surface area contributed by atoms with Crippen LogP contribution < -0.4 is 31.4 Å². The van der Waals surface area contributed by atoms with Crippen LogP contribution in [-0.2, 0) is 0 Å². The summed E-state index contributed by atoms with van der Waals surface area (Å²) in [6.45, 7) is 0. The topological polar surface area (TPSA) is 69.2 Å². The van der Waals surface area contributed by atoms with Crippen LogP contribution in [0.2, 0.25) is 0 Å². The zero-order valence-corrected chi connectivity index (χ0v) is 3.76. The predicted molar refractivity (Wildman–Crippen MR) is 26.9 cm³/mol. The van der Waals surface area contributed by atoms with Crippen molar-refractivity contribution in [1.82, 2.24) is 0 Å². The smallest absolute Gasteiger partial charge is 0.282 e. The van der Waals surface area contributed by atoms with Crippen LogP contribution >= 0.6 is 0 Å². The van der Waals surface area contributed by atoms with Crippen LogP contribution in [0.15, 0.2) is 0 Å². The van der Waals surface area contributed by atoms with Gasteiger partial charge in [-0.2, -0.15) is 0 Å². The van der Waals surface area contributed by atoms with Crippen LogP contribution in [0.5, 0.6) is 0 Å². The normalized spacial score (nSPS) is 4.50. The first kappa shape index (κ1) is 38.3. The molecule has 0 saturated heterocycles. The van der Waals surface area contributed by atoms with Crippen molar-refractivity contribution in [2.45, 2.75) is 29.7 Å². The molecule has 0 bridgehead atoms. The SMILES string of the molecule is C.C.C.C.[O-][I+2]([O-])[O-]. The second-order valence-corrected chi connectivity index (χ2v) is 1.27. The van der Waals surface area contributed by atoms with Gasteiger partial charge in [0.25, 0.3) is 21.1 Å². The minimum atomic E-state index is -4.01. The second kappa shape index (κ2) is 25.5. The zero-order chi connectivity index (χ0) is 3.58. The van der Waals surface area contributed by atoms with Crippen molar-refractivity contribution in [2.75, 3.05) is 0 Å². The van der Waals surface area contributed by atoms with Crippen molar-refractivity contribution in [1.29, 1.82) is 0 Å². The van der Waals surface area contributed by atoms with Gasteiger partial charge in [-0.05, 0) is 0 Å². The molecular weight excluding hydrogens is 223 g/mol. The van der Waals surface area contributed by atoms with E-state index < -0.39 is 21.1 Å². The molecule has 0 saturated carbocycles. The molecule has 0 aliphatic rings. The molecule has 0 aliphatic carbocycles. The molecule has 58 valence electrons. The molecule has 0 spiro atoms. The lowest BCUT2D eigenvalue weighted by Gasteiger charge is -1.84. The van der Waals surface area contributed by atoms with Gasteiger partial charge in [0.1, 0.15) is 0 Å². The number of hydrogen-bond donors (Lipinski definition) is 0. The lowest BCUT2D eigenvalue weighted by molar-refractivity contribution is -1.73. The van der Waals surface area contributed by atoms with Gasteiger partial charge >= 0.3 is 0 Å². The summed E-state index contributed by atoms with van der Waals surface area (Å²) in [5, 5.41) is 0. The largest absolute Gasteiger partial charge is 0.427 e. The fourth-order valence-electron chi connectivity index (χ4n) is 0. The minimum Gasteiger partial charge on any atom is -0.427 e. The van der Waals surface area contributed by atoms with E-state index in [1.807, 2.05) is 0 Å². The Morgan fingerprint density at radius 2 is 0.625 bits per heavy atom. The Labute approximate surface area is 61.4 Å². The molecule has 0 aliphatic heterocycles. The molecule has 8 heavy (non-hydrogen) atoms. The third-order valence-corrected chi connectivity index (χ3v) is 0. The summed E-state index contributed by atoms with van der Waals surface area (Å²) in [4.78, 5) is 0. The van der Waals surface area contributed by atoms with E-state index in [-0.39, 0.29) is 29.7 Å². The molecule has 4 heteroatoms. The quantitative estimate of drug-likeness (QED) is 0.404. The summed E-state index contributed by atoms with van der Waals surface area (Å²) in [7, 11) is 0. The van der Waals surface area contributed by atoms with Crippen molar-refractivity contribution in [3.05, 3.63) is 0 Å². The van der Waals surface area contributed by atoms with E-state index in [0.717, 1.165) is 0 Å². The summed E-state index contributed by atoms with van der Waals surface area (Å²) in [6, 6.07) is 0. The van der Waals surface area contributed by atoms with Crippen LogP contribution in [0.1, 0.15) is 29.7 Å². The Bertz CT molecular complexity index is 16.0. The molecule has 0 fully saturated rings. The maximum atomic E-state index is 8.57. The van der Waals surface area contributed by atoms with Crippen LogP contribution in [0, 0.1) is 0 Å². The Hall–Kier alpha value is 0.610. The van der Waals surface area contributed by atoms with Crippen molar-refractivity contribution in [3.63, 3.8) is 0 Å². The van der Waals surface area contributed by atoms with Gasteiger partial charge in [0, 0.05) is 0 Å². The Morgan fingerprint density at radius 3 is 0.625 bits per heavy atom. The highest BCUT2D eigenvalue weighted by molar-refractivity contribution is 2.51. The van der Waals surface area contributed by atoms with Gasteiger partial charge in [0.2, 0.25) is 0 Å². The van der Waals surface area contributed by atoms with E-state index >= 15 is 0 Å². The van der Waals surface area contributed by atoms with Gasteiger partial charge in [-0.15, -0.1) is 0 Å². The fraction of sp³-hybridized carbons (Fsp3) is 1.00. The molecule has 0 aromatic heterocycles. The first-order valence-electron chi connectivity index (χ1n) is 0.463. The summed E-state index contributed by atoms with van der Waals surface area (Å²) < 4.78 is 25.7. The number of rotatable bonds is 0. The number of hydrogen-bond acceptors (Lipinski definition) is 3. The molecule has 0 N–H and O–H groups in total. The lowest BCUT2D eigenvalue weighted by atomic mass is 12.0. The molecular formula is C4H16IO3-. The van der Waals surface area contributed by atoms with Gasteiger partial charge in [-0.1, -0.05) is 29.7 Å². The third-order valence-electron chi connectivity index (χ3n) is 0. The van der Waals surface area contributed by atoms with Crippen LogP contribution in [0.3, 0.4) is 0 Å². The minimum absolute atomic E-state index is 0. The van der Waals surface area contributed by atoms with Gasteiger partial charge in [-0.25, -0.2) is 0 Å². The third kappa shape index (κ3) is 559. The molecule has 0 unspecified atom stereocenters. The van der Waals surface area contributed by atoms with E-state index in [9.17, 15) is 0 Å². The maximum Gasteiger partial charge on any atom is 0.282 e. The summed E-state index contributed by atoms with van der Waals surface area (Å²) >= 11 is -4.01. The fourth-order valence-corrected chi connectivity index (χ4v) is 0. The van der Waals surface area contributed by atoms with Gasteiger partial charge < -0.3 is 10.3 Å². The van der Waals surface area contributed by atoms with Crippen LogP contribution in [0.4, 0.5) is 0 Å². The predicted octanol–water partition coefficient (Wildman–Crippen LogP) is -4.02. The van der Waals surface area contributed by atoms with E-state index in [4.69, 9.17) is 10.3 Å². The van der Waals surface area contributed by atoms with E-state index in [0.29, 0.717) is 0 Å². The molecule has 0 aromatic rings. The highest BCUT2D eigenvalue weighted by Crippen LogP contribution is 0.147. The standard InChI is InChI=1S/4CH4.IO3/c;;;;2-1(3)4/h4*1H4;/q;;;;-1. The van der Waals surface area contributed by atoms with Crippen molar-refractivity contribution < 1.29 is 31.4 Å². The van der Waals surface area contributed by atoms with Gasteiger partial charge in [0.15, 0.2) is 0 Å². The number of halogens is 1. The summed E-state index contributed by atoms with van der Waals surface area (Å²) in [6.07, 6.45) is 0. The second-order valence-electron chi connectivity index (χ2n) is 0.189. The van der Waals surface area contributed by atoms with E-state index in [2.05, 4.69) is 0 Å². The molecule has 3 nitrogen and oxygen atoms in total. The molecule has 0 rings (SSSR count).